The van der Waals surface area contributed by atoms with Gasteiger partial charge in [0.2, 0.25) is 0 Å². The van der Waals surface area contributed by atoms with E-state index in [4.69, 9.17) is 16.3 Å². The summed E-state index contributed by atoms with van der Waals surface area (Å²) in [7, 11) is -4.01. The number of fused-ring (bicyclic) bond motifs is 1. The van der Waals surface area contributed by atoms with Gasteiger partial charge in [-0.2, -0.15) is 5.26 Å². The van der Waals surface area contributed by atoms with Crippen molar-refractivity contribution in [2.75, 3.05) is 31.1 Å². The second-order valence-corrected chi connectivity index (χ2v) is 11.3. The minimum absolute atomic E-state index is 0.0333. The first kappa shape index (κ1) is 23.9. The van der Waals surface area contributed by atoms with E-state index in [1.165, 1.54) is 12.1 Å². The number of ether oxygens (including phenoxy) is 1. The third-order valence-corrected chi connectivity index (χ3v) is 7.41. The van der Waals surface area contributed by atoms with Crippen LogP contribution in [-0.2, 0) is 14.8 Å². The van der Waals surface area contributed by atoms with Crippen LogP contribution in [0.5, 0.6) is 0 Å². The Morgan fingerprint density at radius 2 is 1.76 bits per heavy atom. The van der Waals surface area contributed by atoms with Crippen LogP contribution in [0.4, 0.5) is 10.5 Å². The number of aromatic nitrogens is 1. The highest BCUT2D eigenvalue weighted by molar-refractivity contribution is 7.90. The molecule has 0 atom stereocenters. The van der Waals surface area contributed by atoms with Crippen LogP contribution in [0.3, 0.4) is 0 Å². The number of hydrogen-bond acceptors (Lipinski definition) is 6. The summed E-state index contributed by atoms with van der Waals surface area (Å²) in [5, 5.41) is 10.6. The van der Waals surface area contributed by atoms with E-state index in [-0.39, 0.29) is 16.6 Å². The average Bonchev–Trinajstić information content (AvgIpc) is 3.19. The Morgan fingerprint density at radius 1 is 1.09 bits per heavy atom. The highest BCUT2D eigenvalue weighted by Crippen LogP contribution is 2.35. The van der Waals surface area contributed by atoms with Gasteiger partial charge in [-0.1, -0.05) is 29.8 Å². The molecule has 0 radical (unpaired) electrons. The van der Waals surface area contributed by atoms with E-state index in [2.05, 4.69) is 6.07 Å². The van der Waals surface area contributed by atoms with Gasteiger partial charge in [-0.25, -0.2) is 17.2 Å². The third kappa shape index (κ3) is 4.56. The average molecular weight is 501 g/mol. The van der Waals surface area contributed by atoms with Crippen LogP contribution in [0.1, 0.15) is 26.3 Å². The first-order valence-corrected chi connectivity index (χ1v) is 12.6. The van der Waals surface area contributed by atoms with Crippen molar-refractivity contribution < 1.29 is 17.9 Å². The van der Waals surface area contributed by atoms with Crippen molar-refractivity contribution >= 4 is 44.3 Å². The molecule has 0 aliphatic carbocycles. The van der Waals surface area contributed by atoms with Gasteiger partial charge in [-0.05, 0) is 45.0 Å². The Kier molecular flexibility index (Phi) is 6.23. The summed E-state index contributed by atoms with van der Waals surface area (Å²) in [6.45, 7) is 7.31. The lowest BCUT2D eigenvalue weighted by molar-refractivity contribution is 0.0240. The van der Waals surface area contributed by atoms with Gasteiger partial charge in [0.25, 0.3) is 10.0 Å². The molecule has 4 rings (SSSR count). The molecule has 0 saturated carbocycles. The Bertz CT molecular complexity index is 1390. The maximum Gasteiger partial charge on any atom is 0.410 e. The van der Waals surface area contributed by atoms with Crippen LogP contribution in [0.25, 0.3) is 10.9 Å². The predicted molar refractivity (Wildman–Crippen MR) is 131 cm³/mol. The predicted octanol–water partition coefficient (Wildman–Crippen LogP) is 4.46. The standard InChI is InChI=1S/C24H25ClN4O4S/c1-24(2,3)33-23(30)28-12-10-27(11-13-28)21-16-29(22-17(15-26)6-4-9-20(21)22)34(31,32)19-8-5-7-18(25)14-19/h4-9,14,16H,10-13H2,1-3H3. The van der Waals surface area contributed by atoms with E-state index in [1.54, 1.807) is 41.4 Å². The zero-order valence-corrected chi connectivity index (χ0v) is 20.7. The van der Waals surface area contributed by atoms with Crippen molar-refractivity contribution in [2.24, 2.45) is 0 Å². The number of rotatable bonds is 3. The van der Waals surface area contributed by atoms with Gasteiger partial charge >= 0.3 is 6.09 Å². The molecule has 0 bridgehead atoms. The monoisotopic (exact) mass is 500 g/mol. The molecule has 2 aromatic carbocycles. The summed E-state index contributed by atoms with van der Waals surface area (Å²) in [4.78, 5) is 16.1. The summed E-state index contributed by atoms with van der Waals surface area (Å²) in [6, 6.07) is 13.3. The fraction of sp³-hybridized carbons (Fsp3) is 0.333. The number of halogens is 1. The third-order valence-electron chi connectivity index (χ3n) is 5.52. The second kappa shape index (κ2) is 8.85. The Labute approximate surface area is 203 Å². The quantitative estimate of drug-likeness (QED) is 0.526. The maximum atomic E-state index is 13.5. The van der Waals surface area contributed by atoms with Gasteiger partial charge in [0.05, 0.1) is 21.7 Å². The number of benzene rings is 2. The molecule has 0 unspecified atom stereocenters. The Morgan fingerprint density at radius 3 is 2.38 bits per heavy atom. The SMILES string of the molecule is CC(C)(C)OC(=O)N1CCN(c2cn(S(=O)(=O)c3cccc(Cl)c3)c3c(C#N)cccc23)CC1. The highest BCUT2D eigenvalue weighted by Gasteiger charge is 2.29. The molecule has 1 fully saturated rings. The lowest BCUT2D eigenvalue weighted by atomic mass is 10.1. The molecule has 10 heteroatoms. The highest BCUT2D eigenvalue weighted by atomic mass is 35.5. The molecule has 1 aliphatic rings. The van der Waals surface area contributed by atoms with Gasteiger partial charge in [0.15, 0.2) is 0 Å². The van der Waals surface area contributed by atoms with Gasteiger partial charge < -0.3 is 14.5 Å². The lowest BCUT2D eigenvalue weighted by Crippen LogP contribution is -2.50. The van der Waals surface area contributed by atoms with Crippen LogP contribution in [0.2, 0.25) is 5.02 Å². The topological polar surface area (TPSA) is 95.6 Å². The van der Waals surface area contributed by atoms with Crippen LogP contribution >= 0.6 is 11.6 Å². The number of carbonyl (C=O) groups excluding carboxylic acids is 1. The van der Waals surface area contributed by atoms with Crippen molar-refractivity contribution in [3.05, 3.63) is 59.2 Å². The molecule has 34 heavy (non-hydrogen) atoms. The molecule has 2 heterocycles. The van der Waals surface area contributed by atoms with E-state index < -0.39 is 15.6 Å². The van der Waals surface area contributed by atoms with E-state index in [9.17, 15) is 18.5 Å². The van der Waals surface area contributed by atoms with Crippen molar-refractivity contribution in [1.82, 2.24) is 8.87 Å². The molecule has 8 nitrogen and oxygen atoms in total. The molecule has 1 aliphatic heterocycles. The Hall–Kier alpha value is -3.22. The summed E-state index contributed by atoms with van der Waals surface area (Å²) in [5.41, 5.74) is 0.669. The summed E-state index contributed by atoms with van der Waals surface area (Å²) in [5.74, 6) is 0. The number of nitrogens with zero attached hydrogens (tertiary/aromatic N) is 4. The molecule has 1 amide bonds. The fourth-order valence-corrected chi connectivity index (χ4v) is 5.65. The number of carbonyl (C=O) groups is 1. The van der Waals surface area contributed by atoms with E-state index in [0.717, 1.165) is 3.97 Å². The Balaban J connectivity index is 1.72. The molecule has 3 aromatic rings. The second-order valence-electron chi connectivity index (χ2n) is 9.04. The van der Waals surface area contributed by atoms with Gasteiger partial charge in [0.1, 0.15) is 11.7 Å². The van der Waals surface area contributed by atoms with Crippen LogP contribution in [0, 0.1) is 11.3 Å². The van der Waals surface area contributed by atoms with Crippen molar-refractivity contribution in [1.29, 1.82) is 5.26 Å². The largest absolute Gasteiger partial charge is 0.444 e. The van der Waals surface area contributed by atoms with E-state index >= 15 is 0 Å². The number of amides is 1. The van der Waals surface area contributed by atoms with Crippen LogP contribution < -0.4 is 4.90 Å². The van der Waals surface area contributed by atoms with Gasteiger partial charge in [-0.3, -0.25) is 0 Å². The van der Waals surface area contributed by atoms with Gasteiger partial charge in [-0.15, -0.1) is 0 Å². The molecule has 0 spiro atoms. The first-order valence-electron chi connectivity index (χ1n) is 10.8. The molecule has 1 aromatic heterocycles. The molecule has 178 valence electrons. The summed E-state index contributed by atoms with van der Waals surface area (Å²) in [6.07, 6.45) is 1.18. The lowest BCUT2D eigenvalue weighted by Gasteiger charge is -2.36. The van der Waals surface area contributed by atoms with Crippen molar-refractivity contribution in [3.63, 3.8) is 0 Å². The first-order chi connectivity index (χ1) is 16.0. The molecular formula is C24H25ClN4O4S. The molecule has 0 N–H and O–H groups in total. The normalized spacial score (nSPS) is 14.8. The smallest absolute Gasteiger partial charge is 0.410 e. The molecule has 1 saturated heterocycles. The summed E-state index contributed by atoms with van der Waals surface area (Å²) >= 11 is 6.04. The van der Waals surface area contributed by atoms with E-state index in [1.807, 2.05) is 25.7 Å². The molecular weight excluding hydrogens is 476 g/mol. The number of piperazine rings is 1. The zero-order valence-electron chi connectivity index (χ0n) is 19.2. The minimum atomic E-state index is -4.01. The fourth-order valence-electron chi connectivity index (χ4n) is 3.96. The maximum absolute atomic E-state index is 13.5. The minimum Gasteiger partial charge on any atom is -0.444 e. The number of anilines is 1. The zero-order chi connectivity index (χ0) is 24.7. The number of hydrogen-bond donors (Lipinski definition) is 0. The van der Waals surface area contributed by atoms with Gasteiger partial charge in [0, 0.05) is 42.8 Å². The van der Waals surface area contributed by atoms with Crippen LogP contribution in [0.15, 0.2) is 53.6 Å². The number of para-hydroxylation sites is 1. The van der Waals surface area contributed by atoms with E-state index in [0.29, 0.717) is 47.8 Å². The van der Waals surface area contributed by atoms with Crippen molar-refractivity contribution in [2.45, 2.75) is 31.3 Å². The van der Waals surface area contributed by atoms with Crippen molar-refractivity contribution in [3.8, 4) is 6.07 Å². The summed E-state index contributed by atoms with van der Waals surface area (Å²) < 4.78 is 33.7. The number of nitriles is 1. The van der Waals surface area contributed by atoms with Crippen LogP contribution in [-0.4, -0.2) is 55.2 Å².